The van der Waals surface area contributed by atoms with E-state index in [1.165, 1.54) is 0 Å². The van der Waals surface area contributed by atoms with Crippen LogP contribution in [0.5, 0.6) is 0 Å². The summed E-state index contributed by atoms with van der Waals surface area (Å²) in [6, 6.07) is 17.7. The van der Waals surface area contributed by atoms with E-state index >= 15 is 0 Å². The number of hydrogen-bond acceptors (Lipinski definition) is 4. The maximum absolute atomic E-state index is 9.29. The van der Waals surface area contributed by atoms with E-state index in [-0.39, 0.29) is 0 Å². The molecule has 3 nitrogen and oxygen atoms in total. The van der Waals surface area contributed by atoms with Crippen LogP contribution >= 0.6 is 11.3 Å². The third kappa shape index (κ3) is 3.04. The van der Waals surface area contributed by atoms with Crippen LogP contribution in [-0.4, -0.2) is 9.97 Å². The molecule has 0 N–H and O–H groups in total. The summed E-state index contributed by atoms with van der Waals surface area (Å²) in [5, 5.41) is 10.2. The van der Waals surface area contributed by atoms with Crippen molar-refractivity contribution < 1.29 is 0 Å². The van der Waals surface area contributed by atoms with E-state index in [0.29, 0.717) is 11.3 Å². The van der Waals surface area contributed by atoms with Gasteiger partial charge in [-0.15, -0.1) is 11.3 Å². The van der Waals surface area contributed by atoms with Crippen molar-refractivity contribution >= 4 is 23.0 Å². The minimum atomic E-state index is 0.541. The quantitative estimate of drug-likeness (QED) is 0.676. The van der Waals surface area contributed by atoms with E-state index in [0.717, 1.165) is 15.4 Å². The molecule has 0 aliphatic carbocycles. The van der Waals surface area contributed by atoms with E-state index in [9.17, 15) is 5.26 Å². The molecule has 3 aromatic rings. The van der Waals surface area contributed by atoms with Gasteiger partial charge in [-0.1, -0.05) is 36.4 Å². The number of pyridine rings is 1. The standard InChI is InChI=1S/C17H11N3S/c18-11-14(16-8-4-5-9-19-16)10-15-12-20-17(21-15)13-6-2-1-3-7-13/h1-10,12H/b14-10-. The molecule has 0 radical (unpaired) electrons. The number of rotatable bonds is 3. The van der Waals surface area contributed by atoms with Crippen LogP contribution in [0.3, 0.4) is 0 Å². The van der Waals surface area contributed by atoms with Crippen LogP contribution in [0.4, 0.5) is 0 Å². The number of allylic oxidation sites excluding steroid dienone is 1. The molecule has 0 aliphatic rings. The Morgan fingerprint density at radius 2 is 1.86 bits per heavy atom. The molecule has 1 aromatic carbocycles. The third-order valence-corrected chi connectivity index (χ3v) is 3.89. The third-order valence-electron chi connectivity index (χ3n) is 2.89. The minimum Gasteiger partial charge on any atom is -0.256 e. The maximum atomic E-state index is 9.29. The van der Waals surface area contributed by atoms with E-state index in [1.807, 2.05) is 54.6 Å². The van der Waals surface area contributed by atoms with Crippen molar-refractivity contribution in [1.29, 1.82) is 5.26 Å². The summed E-state index contributed by atoms with van der Waals surface area (Å²) in [6.45, 7) is 0. The summed E-state index contributed by atoms with van der Waals surface area (Å²) in [4.78, 5) is 9.56. The Balaban J connectivity index is 1.93. The molecular formula is C17H11N3S. The Hall–Kier alpha value is -2.77. The lowest BCUT2D eigenvalue weighted by Crippen LogP contribution is -1.84. The first-order valence-corrected chi connectivity index (χ1v) is 7.23. The van der Waals surface area contributed by atoms with Gasteiger partial charge in [0.05, 0.1) is 11.3 Å². The summed E-state index contributed by atoms with van der Waals surface area (Å²) in [5.74, 6) is 0. The second-order valence-corrected chi connectivity index (χ2v) is 5.38. The van der Waals surface area contributed by atoms with Crippen molar-refractivity contribution in [2.24, 2.45) is 0 Å². The van der Waals surface area contributed by atoms with Gasteiger partial charge in [-0.2, -0.15) is 5.26 Å². The lowest BCUT2D eigenvalue weighted by atomic mass is 10.2. The predicted molar refractivity (Wildman–Crippen MR) is 85.3 cm³/mol. The monoisotopic (exact) mass is 289 g/mol. The Labute approximate surface area is 126 Å². The van der Waals surface area contributed by atoms with E-state index in [1.54, 1.807) is 23.7 Å². The minimum absolute atomic E-state index is 0.541. The number of aromatic nitrogens is 2. The fourth-order valence-corrected chi connectivity index (χ4v) is 2.76. The van der Waals surface area contributed by atoms with E-state index < -0.39 is 0 Å². The predicted octanol–water partition coefficient (Wildman–Crippen LogP) is 4.27. The molecule has 0 saturated heterocycles. The van der Waals surface area contributed by atoms with Crippen LogP contribution in [0, 0.1) is 11.3 Å². The molecule has 21 heavy (non-hydrogen) atoms. The number of benzene rings is 1. The van der Waals surface area contributed by atoms with Crippen LogP contribution in [0.25, 0.3) is 22.2 Å². The fourth-order valence-electron chi connectivity index (χ4n) is 1.90. The SMILES string of the molecule is N#C/C(=C/c1cnc(-c2ccccc2)s1)c1ccccn1. The molecule has 0 spiro atoms. The number of thiazole rings is 1. The molecule has 2 aromatic heterocycles. The molecule has 0 amide bonds. The zero-order valence-corrected chi connectivity index (χ0v) is 11.9. The second kappa shape index (κ2) is 6.12. The molecule has 0 bridgehead atoms. The van der Waals surface area contributed by atoms with Crippen LogP contribution < -0.4 is 0 Å². The van der Waals surface area contributed by atoms with Crippen LogP contribution in [0.15, 0.2) is 60.9 Å². The van der Waals surface area contributed by atoms with E-state index in [2.05, 4.69) is 16.0 Å². The fraction of sp³-hybridized carbons (Fsp3) is 0. The van der Waals surface area contributed by atoms with Crippen molar-refractivity contribution in [1.82, 2.24) is 9.97 Å². The van der Waals surface area contributed by atoms with Gasteiger partial charge in [0.1, 0.15) is 11.1 Å². The lowest BCUT2D eigenvalue weighted by Gasteiger charge is -1.96. The topological polar surface area (TPSA) is 49.6 Å². The Morgan fingerprint density at radius 3 is 2.57 bits per heavy atom. The van der Waals surface area contributed by atoms with Gasteiger partial charge in [0.15, 0.2) is 0 Å². The summed E-state index contributed by atoms with van der Waals surface area (Å²) in [6.07, 6.45) is 5.29. The first-order valence-electron chi connectivity index (χ1n) is 6.41. The molecule has 0 fully saturated rings. The number of hydrogen-bond donors (Lipinski definition) is 0. The van der Waals surface area contributed by atoms with Crippen molar-refractivity contribution in [3.8, 4) is 16.6 Å². The molecule has 0 unspecified atom stereocenters. The molecule has 2 heterocycles. The Kier molecular flexibility index (Phi) is 3.85. The first-order chi connectivity index (χ1) is 10.4. The largest absolute Gasteiger partial charge is 0.256 e. The highest BCUT2D eigenvalue weighted by atomic mass is 32.1. The Morgan fingerprint density at radius 1 is 1.05 bits per heavy atom. The van der Waals surface area contributed by atoms with Gasteiger partial charge in [-0.3, -0.25) is 4.98 Å². The molecule has 3 rings (SSSR count). The van der Waals surface area contributed by atoms with Crippen LogP contribution in [0.1, 0.15) is 10.6 Å². The summed E-state index contributed by atoms with van der Waals surface area (Å²) in [7, 11) is 0. The van der Waals surface area contributed by atoms with E-state index in [4.69, 9.17) is 0 Å². The average molecular weight is 289 g/mol. The highest BCUT2D eigenvalue weighted by molar-refractivity contribution is 7.15. The zero-order valence-electron chi connectivity index (χ0n) is 11.1. The second-order valence-electron chi connectivity index (χ2n) is 4.32. The zero-order chi connectivity index (χ0) is 14.5. The molecule has 0 aliphatic heterocycles. The van der Waals surface area contributed by atoms with Gasteiger partial charge < -0.3 is 0 Å². The van der Waals surface area contributed by atoms with Gasteiger partial charge in [0, 0.05) is 22.8 Å². The number of nitrogens with zero attached hydrogens (tertiary/aromatic N) is 3. The van der Waals surface area contributed by atoms with Crippen molar-refractivity contribution in [3.63, 3.8) is 0 Å². The van der Waals surface area contributed by atoms with Crippen LogP contribution in [0.2, 0.25) is 0 Å². The summed E-state index contributed by atoms with van der Waals surface area (Å²) in [5.41, 5.74) is 2.30. The van der Waals surface area contributed by atoms with Gasteiger partial charge in [0.2, 0.25) is 0 Å². The number of nitriles is 1. The molecular weight excluding hydrogens is 278 g/mol. The highest BCUT2D eigenvalue weighted by Crippen LogP contribution is 2.27. The van der Waals surface area contributed by atoms with Crippen molar-refractivity contribution in [2.75, 3.05) is 0 Å². The van der Waals surface area contributed by atoms with Gasteiger partial charge in [0.25, 0.3) is 0 Å². The average Bonchev–Trinajstić information content (AvgIpc) is 3.03. The highest BCUT2D eigenvalue weighted by Gasteiger charge is 2.06. The summed E-state index contributed by atoms with van der Waals surface area (Å²) < 4.78 is 0. The first kappa shape index (κ1) is 13.2. The molecule has 0 saturated carbocycles. The van der Waals surface area contributed by atoms with Crippen LogP contribution in [-0.2, 0) is 0 Å². The van der Waals surface area contributed by atoms with Gasteiger partial charge in [-0.05, 0) is 18.2 Å². The smallest absolute Gasteiger partial charge is 0.123 e. The van der Waals surface area contributed by atoms with Gasteiger partial charge >= 0.3 is 0 Å². The maximum Gasteiger partial charge on any atom is 0.123 e. The van der Waals surface area contributed by atoms with Gasteiger partial charge in [-0.25, -0.2) is 4.98 Å². The molecule has 100 valence electrons. The van der Waals surface area contributed by atoms with Crippen molar-refractivity contribution in [3.05, 3.63) is 71.5 Å². The molecule has 0 atom stereocenters. The summed E-state index contributed by atoms with van der Waals surface area (Å²) >= 11 is 1.56. The lowest BCUT2D eigenvalue weighted by molar-refractivity contribution is 1.28. The Bertz CT molecular complexity index is 799. The normalized spacial score (nSPS) is 11.1. The molecule has 4 heteroatoms. The van der Waals surface area contributed by atoms with Crippen molar-refractivity contribution in [2.45, 2.75) is 0 Å².